The van der Waals surface area contributed by atoms with Crippen molar-refractivity contribution in [1.82, 2.24) is 9.40 Å². The van der Waals surface area contributed by atoms with Crippen molar-refractivity contribution in [3.05, 3.63) is 95.7 Å². The van der Waals surface area contributed by atoms with Gasteiger partial charge >= 0.3 is 0 Å². The van der Waals surface area contributed by atoms with E-state index in [1.807, 2.05) is 6.92 Å². The second-order valence-electron chi connectivity index (χ2n) is 7.57. The van der Waals surface area contributed by atoms with Crippen molar-refractivity contribution < 1.29 is 22.0 Å². The molecule has 174 valence electrons. The van der Waals surface area contributed by atoms with E-state index in [-0.39, 0.29) is 17.1 Å². The number of aromatic nitrogens is 1. The fraction of sp³-hybridized carbons (Fsp3) is 0.0833. The minimum absolute atomic E-state index is 0.0855. The Labute approximate surface area is 194 Å². The van der Waals surface area contributed by atoms with Gasteiger partial charge in [-0.05, 0) is 37.3 Å². The van der Waals surface area contributed by atoms with E-state index in [1.165, 1.54) is 18.3 Å². The summed E-state index contributed by atoms with van der Waals surface area (Å²) in [5.41, 5.74) is 2.07. The monoisotopic (exact) mass is 482 g/mol. The van der Waals surface area contributed by atoms with Gasteiger partial charge in [0, 0.05) is 28.7 Å². The second kappa shape index (κ2) is 9.44. The number of para-hydroxylation sites is 1. The third-order valence-corrected chi connectivity index (χ3v) is 6.28. The molecule has 0 fully saturated rings. The first kappa shape index (κ1) is 23.1. The first-order valence-electron chi connectivity index (χ1n) is 10.2. The molecule has 0 unspecified atom stereocenters. The molecule has 0 aliphatic rings. The molecule has 0 radical (unpaired) electrons. The second-order valence-corrected chi connectivity index (χ2v) is 9.23. The van der Waals surface area contributed by atoms with Crippen molar-refractivity contribution in [2.45, 2.75) is 18.4 Å². The van der Waals surface area contributed by atoms with Crippen LogP contribution in [0.5, 0.6) is 0 Å². The number of nitrogens with zero attached hydrogens (tertiary/aromatic N) is 2. The van der Waals surface area contributed by atoms with Gasteiger partial charge in [-0.1, -0.05) is 35.9 Å². The number of nitrogens with one attached hydrogen (secondary N) is 2. The third kappa shape index (κ3) is 5.12. The number of hydrogen-bond donors (Lipinski definition) is 2. The van der Waals surface area contributed by atoms with Gasteiger partial charge in [0.15, 0.2) is 0 Å². The van der Waals surface area contributed by atoms with Crippen molar-refractivity contribution in [3.63, 3.8) is 0 Å². The minimum Gasteiger partial charge on any atom is -0.337 e. The number of carbonyl (C=O) groups excluding carboxylic acids is 1. The van der Waals surface area contributed by atoms with Gasteiger partial charge in [-0.15, -0.1) is 0 Å². The highest BCUT2D eigenvalue weighted by atomic mass is 32.2. The molecular formula is C24H20F2N4O3S. The van der Waals surface area contributed by atoms with E-state index >= 15 is 0 Å². The van der Waals surface area contributed by atoms with Crippen LogP contribution in [0.15, 0.2) is 82.9 Å². The number of carbonyl (C=O) groups is 1. The molecule has 0 saturated carbocycles. The Morgan fingerprint density at radius 3 is 2.53 bits per heavy atom. The average molecular weight is 483 g/mol. The number of anilines is 1. The number of aryl methyl sites for hydroxylation is 1. The van der Waals surface area contributed by atoms with Crippen LogP contribution >= 0.6 is 0 Å². The summed E-state index contributed by atoms with van der Waals surface area (Å²) < 4.78 is 53.4. The Morgan fingerprint density at radius 2 is 1.79 bits per heavy atom. The first-order chi connectivity index (χ1) is 16.2. The van der Waals surface area contributed by atoms with Crippen LogP contribution in [0, 0.1) is 18.6 Å². The van der Waals surface area contributed by atoms with Gasteiger partial charge in [0.1, 0.15) is 18.2 Å². The van der Waals surface area contributed by atoms with E-state index in [4.69, 9.17) is 0 Å². The minimum atomic E-state index is -3.84. The molecule has 0 saturated heterocycles. The van der Waals surface area contributed by atoms with Crippen LogP contribution in [0.25, 0.3) is 10.9 Å². The maximum Gasteiger partial charge on any atom is 0.276 e. The summed E-state index contributed by atoms with van der Waals surface area (Å²) in [5, 5.41) is 7.04. The van der Waals surface area contributed by atoms with Gasteiger partial charge in [0.2, 0.25) is 5.91 Å². The van der Waals surface area contributed by atoms with Crippen molar-refractivity contribution >= 4 is 38.7 Å². The number of halogens is 2. The molecule has 0 aliphatic heterocycles. The van der Waals surface area contributed by atoms with Crippen LogP contribution in [-0.2, 0) is 21.4 Å². The molecule has 0 spiro atoms. The summed E-state index contributed by atoms with van der Waals surface area (Å²) in [6.07, 6.45) is 2.98. The highest BCUT2D eigenvalue weighted by Gasteiger charge is 2.14. The van der Waals surface area contributed by atoms with E-state index in [2.05, 4.69) is 15.2 Å². The summed E-state index contributed by atoms with van der Waals surface area (Å²) in [5.74, 6) is -2.14. The summed E-state index contributed by atoms with van der Waals surface area (Å²) >= 11 is 0. The van der Waals surface area contributed by atoms with Crippen LogP contribution in [0.1, 0.15) is 11.1 Å². The molecule has 1 aromatic heterocycles. The van der Waals surface area contributed by atoms with Gasteiger partial charge in [-0.25, -0.2) is 13.6 Å². The van der Waals surface area contributed by atoms with Crippen LogP contribution in [0.3, 0.4) is 0 Å². The molecule has 4 aromatic rings. The van der Waals surface area contributed by atoms with Crippen LogP contribution in [0.4, 0.5) is 14.5 Å². The number of amides is 1. The lowest BCUT2D eigenvalue weighted by atomic mass is 10.2. The van der Waals surface area contributed by atoms with Crippen molar-refractivity contribution in [1.29, 1.82) is 0 Å². The van der Waals surface area contributed by atoms with E-state index in [0.29, 0.717) is 17.1 Å². The predicted molar refractivity (Wildman–Crippen MR) is 126 cm³/mol. The number of sulfonamides is 1. The molecule has 7 nitrogen and oxygen atoms in total. The molecule has 3 aromatic carbocycles. The number of rotatable bonds is 7. The van der Waals surface area contributed by atoms with Gasteiger partial charge in [-0.3, -0.25) is 4.79 Å². The lowest BCUT2D eigenvalue weighted by Crippen LogP contribution is -2.19. The van der Waals surface area contributed by atoms with Crippen LogP contribution in [0.2, 0.25) is 0 Å². The van der Waals surface area contributed by atoms with Crippen molar-refractivity contribution in [2.24, 2.45) is 5.10 Å². The molecule has 0 bridgehead atoms. The third-order valence-electron chi connectivity index (χ3n) is 5.05. The number of benzene rings is 3. The smallest absolute Gasteiger partial charge is 0.276 e. The predicted octanol–water partition coefficient (Wildman–Crippen LogP) is 4.18. The van der Waals surface area contributed by atoms with Gasteiger partial charge in [0.05, 0.1) is 16.8 Å². The Bertz CT molecular complexity index is 1500. The fourth-order valence-corrected chi connectivity index (χ4v) is 4.17. The van der Waals surface area contributed by atoms with Crippen LogP contribution in [-0.4, -0.2) is 25.1 Å². The number of fused-ring (bicyclic) bond motifs is 1. The lowest BCUT2D eigenvalue weighted by molar-refractivity contribution is -0.116. The van der Waals surface area contributed by atoms with E-state index < -0.39 is 27.6 Å². The first-order valence-corrected chi connectivity index (χ1v) is 11.7. The molecule has 4 rings (SSSR count). The number of hydrazone groups is 1. The average Bonchev–Trinajstić information content (AvgIpc) is 3.13. The van der Waals surface area contributed by atoms with E-state index in [0.717, 1.165) is 23.1 Å². The Kier molecular flexibility index (Phi) is 6.42. The van der Waals surface area contributed by atoms with Crippen LogP contribution < -0.4 is 10.1 Å². The lowest BCUT2D eigenvalue weighted by Gasteiger charge is -2.08. The van der Waals surface area contributed by atoms with Gasteiger partial charge in [0.25, 0.3) is 10.0 Å². The normalized spacial score (nSPS) is 11.7. The maximum atomic E-state index is 13.8. The van der Waals surface area contributed by atoms with Gasteiger partial charge < -0.3 is 9.88 Å². The highest BCUT2D eigenvalue weighted by molar-refractivity contribution is 7.89. The van der Waals surface area contributed by atoms with Crippen molar-refractivity contribution in [3.8, 4) is 0 Å². The SMILES string of the molecule is Cc1ccc(S(=O)(=O)N/N=C\c2cn(CC(=O)Nc3ccc(F)cc3F)c3ccccc23)cc1. The zero-order chi connectivity index (χ0) is 24.3. The standard InChI is InChI=1S/C24H20F2N4O3S/c1-16-6-9-19(10-7-16)34(32,33)29-27-13-17-14-30(23-5-3-2-4-20(17)23)15-24(31)28-22-11-8-18(25)12-21(22)26/h2-14,29H,15H2,1H3,(H,28,31)/b27-13-. The Balaban J connectivity index is 1.53. The Morgan fingerprint density at radius 1 is 1.06 bits per heavy atom. The molecular weight excluding hydrogens is 462 g/mol. The summed E-state index contributed by atoms with van der Waals surface area (Å²) in [6.45, 7) is 1.70. The zero-order valence-electron chi connectivity index (χ0n) is 18.0. The van der Waals surface area contributed by atoms with E-state index in [9.17, 15) is 22.0 Å². The summed E-state index contributed by atoms with van der Waals surface area (Å²) in [6, 6.07) is 16.4. The molecule has 2 N–H and O–H groups in total. The highest BCUT2D eigenvalue weighted by Crippen LogP contribution is 2.21. The quantitative estimate of drug-likeness (QED) is 0.306. The summed E-state index contributed by atoms with van der Waals surface area (Å²) in [4.78, 5) is 14.7. The zero-order valence-corrected chi connectivity index (χ0v) is 18.8. The largest absolute Gasteiger partial charge is 0.337 e. The molecule has 0 atom stereocenters. The molecule has 0 aliphatic carbocycles. The van der Waals surface area contributed by atoms with Gasteiger partial charge in [-0.2, -0.15) is 13.5 Å². The molecule has 34 heavy (non-hydrogen) atoms. The molecule has 1 heterocycles. The van der Waals surface area contributed by atoms with Crippen molar-refractivity contribution in [2.75, 3.05) is 5.32 Å². The van der Waals surface area contributed by atoms with E-state index in [1.54, 1.807) is 47.2 Å². The topological polar surface area (TPSA) is 92.6 Å². The number of hydrogen-bond acceptors (Lipinski definition) is 4. The Hall–Kier alpha value is -4.05. The summed E-state index contributed by atoms with van der Waals surface area (Å²) in [7, 11) is -3.84. The fourth-order valence-electron chi connectivity index (χ4n) is 3.38. The molecule has 1 amide bonds. The molecule has 10 heteroatoms. The maximum absolute atomic E-state index is 13.8.